The van der Waals surface area contributed by atoms with Crippen LogP contribution in [0.3, 0.4) is 0 Å². The van der Waals surface area contributed by atoms with E-state index in [4.69, 9.17) is 33.7 Å². The summed E-state index contributed by atoms with van der Waals surface area (Å²) in [7, 11) is 0. The van der Waals surface area contributed by atoms with E-state index in [1.807, 2.05) is 19.1 Å². The molecule has 4 N–H and O–H groups in total. The molecule has 4 nitrogen and oxygen atoms in total. The number of phenols is 1. The van der Waals surface area contributed by atoms with Gasteiger partial charge in [-0.3, -0.25) is 0 Å². The van der Waals surface area contributed by atoms with Crippen LogP contribution in [-0.2, 0) is 6.42 Å². The number of benzene rings is 2. The van der Waals surface area contributed by atoms with Crippen LogP contribution < -0.4 is 15.8 Å². The van der Waals surface area contributed by atoms with Crippen LogP contribution in [-0.4, -0.2) is 17.9 Å². The van der Waals surface area contributed by atoms with Crippen LogP contribution in [0.5, 0.6) is 11.5 Å². The zero-order valence-corrected chi connectivity index (χ0v) is 13.7. The van der Waals surface area contributed by atoms with Crippen LogP contribution >= 0.6 is 23.2 Å². The largest absolute Gasteiger partial charge is 0.506 e. The van der Waals surface area contributed by atoms with Crippen molar-refractivity contribution in [3.05, 3.63) is 52.0 Å². The van der Waals surface area contributed by atoms with Crippen LogP contribution in [0.25, 0.3) is 0 Å². The van der Waals surface area contributed by atoms with E-state index in [-0.39, 0.29) is 18.5 Å². The highest BCUT2D eigenvalue weighted by Gasteiger charge is 2.08. The van der Waals surface area contributed by atoms with Crippen LogP contribution in [0, 0.1) is 0 Å². The Kier molecular flexibility index (Phi) is 5.77. The van der Waals surface area contributed by atoms with Gasteiger partial charge in [-0.25, -0.2) is 0 Å². The molecule has 0 aliphatic carbocycles. The van der Waals surface area contributed by atoms with E-state index in [1.165, 1.54) is 0 Å². The molecule has 0 saturated carbocycles. The lowest BCUT2D eigenvalue weighted by molar-refractivity contribution is 0.346. The van der Waals surface area contributed by atoms with Crippen molar-refractivity contribution in [2.45, 2.75) is 19.4 Å². The molecule has 6 heteroatoms. The molecule has 1 atom stereocenters. The van der Waals surface area contributed by atoms with Gasteiger partial charge in [-0.15, -0.1) is 0 Å². The number of nitrogens with one attached hydrogen (secondary N) is 1. The normalized spacial score (nSPS) is 12.0. The molecule has 0 amide bonds. The van der Waals surface area contributed by atoms with Crippen molar-refractivity contribution in [2.24, 2.45) is 5.73 Å². The minimum absolute atomic E-state index is 0.0515. The summed E-state index contributed by atoms with van der Waals surface area (Å²) in [4.78, 5) is 0. The highest BCUT2D eigenvalue weighted by Crippen LogP contribution is 2.32. The number of nitrogens with two attached hydrogens (primary N) is 1. The van der Waals surface area contributed by atoms with Crippen molar-refractivity contribution in [2.75, 3.05) is 12.0 Å². The quantitative estimate of drug-likeness (QED) is 0.548. The van der Waals surface area contributed by atoms with E-state index in [2.05, 4.69) is 5.32 Å². The minimum Gasteiger partial charge on any atom is -0.506 e. The standard InChI is InChI=1S/C16H18Cl2N2O2/c1-10(19)7-11-5-6-15(21)14(8-11)20-9-22-16-12(17)3-2-4-13(16)18/h2-6,8,10,20-21H,7,9,19H2,1H3. The fourth-order valence-corrected chi connectivity index (χ4v) is 2.54. The molecule has 0 aliphatic heterocycles. The van der Waals surface area contributed by atoms with Gasteiger partial charge in [0.15, 0.2) is 12.5 Å². The predicted molar refractivity (Wildman–Crippen MR) is 91.0 cm³/mol. The molecule has 2 rings (SSSR count). The maximum atomic E-state index is 9.87. The maximum absolute atomic E-state index is 9.87. The summed E-state index contributed by atoms with van der Waals surface area (Å²) in [5.74, 6) is 0.548. The van der Waals surface area contributed by atoms with Crippen LogP contribution in [0.4, 0.5) is 5.69 Å². The first-order valence-electron chi connectivity index (χ1n) is 6.85. The molecule has 0 bridgehead atoms. The van der Waals surface area contributed by atoms with Crippen LogP contribution in [0.1, 0.15) is 12.5 Å². The molecule has 1 unspecified atom stereocenters. The molecule has 0 aliphatic rings. The van der Waals surface area contributed by atoms with Crippen LogP contribution in [0.2, 0.25) is 10.0 Å². The van der Waals surface area contributed by atoms with E-state index >= 15 is 0 Å². The predicted octanol–water partition coefficient (Wildman–Crippen LogP) is 4.04. The molecular formula is C16H18Cl2N2O2. The van der Waals surface area contributed by atoms with Gasteiger partial charge >= 0.3 is 0 Å². The van der Waals surface area contributed by atoms with Gasteiger partial charge in [-0.2, -0.15) is 0 Å². The lowest BCUT2D eigenvalue weighted by atomic mass is 10.1. The average molecular weight is 341 g/mol. The second-order valence-electron chi connectivity index (χ2n) is 5.05. The first-order valence-corrected chi connectivity index (χ1v) is 7.61. The molecule has 22 heavy (non-hydrogen) atoms. The van der Waals surface area contributed by atoms with Gasteiger partial charge in [0.2, 0.25) is 0 Å². The van der Waals surface area contributed by atoms with E-state index < -0.39 is 0 Å². The molecule has 0 fully saturated rings. The number of hydrogen-bond acceptors (Lipinski definition) is 4. The smallest absolute Gasteiger partial charge is 0.159 e. The number of halogens is 2. The summed E-state index contributed by atoms with van der Waals surface area (Å²) in [5.41, 5.74) is 7.39. The van der Waals surface area contributed by atoms with Crippen molar-refractivity contribution in [3.8, 4) is 11.5 Å². The van der Waals surface area contributed by atoms with E-state index in [0.29, 0.717) is 21.5 Å². The molecular weight excluding hydrogens is 323 g/mol. The monoisotopic (exact) mass is 340 g/mol. The van der Waals surface area contributed by atoms with Crippen molar-refractivity contribution >= 4 is 28.9 Å². The highest BCUT2D eigenvalue weighted by molar-refractivity contribution is 6.37. The Labute approximate surface area is 139 Å². The highest BCUT2D eigenvalue weighted by atomic mass is 35.5. The molecule has 0 spiro atoms. The number of ether oxygens (including phenoxy) is 1. The molecule has 0 aromatic heterocycles. The number of hydrogen-bond donors (Lipinski definition) is 3. The second kappa shape index (κ2) is 7.58. The molecule has 0 radical (unpaired) electrons. The SMILES string of the molecule is CC(N)Cc1ccc(O)c(NCOc2c(Cl)cccc2Cl)c1. The van der Waals surface area contributed by atoms with Gasteiger partial charge in [-0.1, -0.05) is 35.3 Å². The summed E-state index contributed by atoms with van der Waals surface area (Å²) >= 11 is 12.0. The third kappa shape index (κ3) is 4.44. The van der Waals surface area contributed by atoms with Crippen LogP contribution in [0.15, 0.2) is 36.4 Å². The van der Waals surface area contributed by atoms with Gasteiger partial charge in [0.1, 0.15) is 5.75 Å². The molecule has 2 aromatic carbocycles. The Balaban J connectivity index is 2.02. The summed E-state index contributed by atoms with van der Waals surface area (Å²) in [6, 6.07) is 10.5. The van der Waals surface area contributed by atoms with Gasteiger partial charge < -0.3 is 20.9 Å². The third-order valence-electron chi connectivity index (χ3n) is 3.02. The zero-order chi connectivity index (χ0) is 16.1. The fourth-order valence-electron chi connectivity index (χ4n) is 2.03. The summed E-state index contributed by atoms with van der Waals surface area (Å²) < 4.78 is 5.54. The Morgan fingerprint density at radius 3 is 2.55 bits per heavy atom. The molecule has 2 aromatic rings. The van der Waals surface area contributed by atoms with Gasteiger partial charge in [0.05, 0.1) is 15.7 Å². The zero-order valence-electron chi connectivity index (χ0n) is 12.1. The molecule has 118 valence electrons. The Bertz CT molecular complexity index is 628. The van der Waals surface area contributed by atoms with E-state index in [0.717, 1.165) is 12.0 Å². The van der Waals surface area contributed by atoms with Crippen molar-refractivity contribution in [1.82, 2.24) is 0 Å². The number of rotatable bonds is 6. The van der Waals surface area contributed by atoms with E-state index in [9.17, 15) is 5.11 Å². The summed E-state index contributed by atoms with van der Waals surface area (Å²) in [6.07, 6.45) is 0.728. The number of aromatic hydroxyl groups is 1. The van der Waals surface area contributed by atoms with Gasteiger partial charge in [0, 0.05) is 6.04 Å². The third-order valence-corrected chi connectivity index (χ3v) is 3.61. The van der Waals surface area contributed by atoms with E-state index in [1.54, 1.807) is 24.3 Å². The Hall–Kier alpha value is -1.62. The van der Waals surface area contributed by atoms with Gasteiger partial charge in [0.25, 0.3) is 0 Å². The van der Waals surface area contributed by atoms with Crippen molar-refractivity contribution in [3.63, 3.8) is 0 Å². The fraction of sp³-hybridized carbons (Fsp3) is 0.250. The summed E-state index contributed by atoms with van der Waals surface area (Å²) in [5, 5.41) is 13.7. The summed E-state index contributed by atoms with van der Waals surface area (Å²) in [6.45, 7) is 2.06. The number of phenolic OH excluding ortho intramolecular Hbond substituents is 1. The minimum atomic E-state index is 0.0515. The topological polar surface area (TPSA) is 67.5 Å². The lowest BCUT2D eigenvalue weighted by Crippen LogP contribution is -2.18. The van der Waals surface area contributed by atoms with Crippen molar-refractivity contribution in [1.29, 1.82) is 0 Å². The Morgan fingerprint density at radius 2 is 1.91 bits per heavy atom. The first kappa shape index (κ1) is 16.7. The van der Waals surface area contributed by atoms with Crippen molar-refractivity contribution < 1.29 is 9.84 Å². The molecule has 0 saturated heterocycles. The first-order chi connectivity index (χ1) is 10.5. The Morgan fingerprint density at radius 1 is 1.23 bits per heavy atom. The number of para-hydroxylation sites is 1. The number of anilines is 1. The van der Waals surface area contributed by atoms with Gasteiger partial charge in [-0.05, 0) is 43.2 Å². The molecule has 0 heterocycles. The average Bonchev–Trinajstić information content (AvgIpc) is 2.45. The lowest BCUT2D eigenvalue weighted by Gasteiger charge is -2.14. The second-order valence-corrected chi connectivity index (χ2v) is 5.86. The maximum Gasteiger partial charge on any atom is 0.159 e.